The number of phenols is 1. The molecule has 188 valence electrons. The van der Waals surface area contributed by atoms with Gasteiger partial charge in [0.1, 0.15) is 28.7 Å². The minimum atomic E-state index is -2.72. The number of halogens is 1. The molecular weight excluding hydrogens is 461 g/mol. The van der Waals surface area contributed by atoms with Crippen molar-refractivity contribution in [3.63, 3.8) is 0 Å². The van der Waals surface area contributed by atoms with Crippen molar-refractivity contribution in [2.75, 3.05) is 28.2 Å². The van der Waals surface area contributed by atoms with Crippen molar-refractivity contribution >= 4 is 17.5 Å². The number of fused-ring (bicyclic) bond motifs is 3. The molecule has 35 heavy (non-hydrogen) atoms. The van der Waals surface area contributed by atoms with Crippen LogP contribution in [-0.2, 0) is 22.6 Å². The Morgan fingerprint density at radius 2 is 1.83 bits per heavy atom. The first-order valence-electron chi connectivity index (χ1n) is 11.1. The van der Waals surface area contributed by atoms with Crippen molar-refractivity contribution < 1.29 is 39.2 Å². The number of carbonyl (C=O) groups excluding carboxylic acids is 3. The number of phenolic OH excluding ortho intramolecular Hbond substituents is 1. The van der Waals surface area contributed by atoms with Gasteiger partial charge in [0.15, 0.2) is 11.4 Å². The first kappa shape index (κ1) is 24.8. The van der Waals surface area contributed by atoms with Crippen LogP contribution < -0.4 is 5.73 Å². The van der Waals surface area contributed by atoms with Gasteiger partial charge in [-0.3, -0.25) is 19.3 Å². The van der Waals surface area contributed by atoms with Gasteiger partial charge in [-0.05, 0) is 53.0 Å². The Morgan fingerprint density at radius 1 is 1.20 bits per heavy atom. The number of carbonyl (C=O) groups is 3. The van der Waals surface area contributed by atoms with E-state index >= 15 is 4.39 Å². The fourth-order valence-corrected chi connectivity index (χ4v) is 5.81. The fraction of sp³-hybridized carbons (Fsp3) is 0.458. The average molecular weight is 490 g/mol. The van der Waals surface area contributed by atoms with E-state index in [9.17, 15) is 34.8 Å². The molecule has 0 saturated heterocycles. The summed E-state index contributed by atoms with van der Waals surface area (Å²) in [5.74, 6) is -8.26. The first-order chi connectivity index (χ1) is 16.2. The van der Waals surface area contributed by atoms with Crippen molar-refractivity contribution in [2.24, 2.45) is 17.6 Å². The summed E-state index contributed by atoms with van der Waals surface area (Å²) in [5.41, 5.74) is 1.21. The van der Waals surface area contributed by atoms with Crippen molar-refractivity contribution in [1.29, 1.82) is 0 Å². The Hall–Kier alpha value is -3.28. The van der Waals surface area contributed by atoms with Gasteiger partial charge in [-0.25, -0.2) is 4.39 Å². The number of hydrogen-bond acceptors (Lipinski definition) is 9. The summed E-state index contributed by atoms with van der Waals surface area (Å²) in [4.78, 5) is 41.8. The average Bonchev–Trinajstić information content (AvgIpc) is 2.73. The maximum atomic E-state index is 15.4. The lowest BCUT2D eigenvalue weighted by Gasteiger charge is -2.50. The topological polar surface area (TPSA) is 165 Å². The summed E-state index contributed by atoms with van der Waals surface area (Å²) in [6, 6.07) is 0.0446. The Kier molecular flexibility index (Phi) is 5.78. The lowest BCUT2D eigenvalue weighted by atomic mass is 9.58. The summed E-state index contributed by atoms with van der Waals surface area (Å²) >= 11 is 0. The number of primary amides is 1. The maximum Gasteiger partial charge on any atom is 0.255 e. The largest absolute Gasteiger partial charge is 0.510 e. The smallest absolute Gasteiger partial charge is 0.255 e. The van der Waals surface area contributed by atoms with Crippen LogP contribution in [0, 0.1) is 17.7 Å². The molecular formula is C24H28FN3O7. The molecule has 10 nitrogen and oxygen atoms in total. The molecule has 0 radical (unpaired) electrons. The summed E-state index contributed by atoms with van der Waals surface area (Å²) < 4.78 is 15.4. The number of hydrogen-bond donors (Lipinski definition) is 5. The van der Waals surface area contributed by atoms with E-state index in [0.29, 0.717) is 0 Å². The number of allylic oxidation sites excluding steroid dienone is 1. The molecule has 3 aliphatic carbocycles. The second kappa shape index (κ2) is 8.14. The number of benzene rings is 1. The molecule has 0 spiro atoms. The van der Waals surface area contributed by atoms with Crippen LogP contribution in [0.15, 0.2) is 28.7 Å². The molecule has 11 heteroatoms. The van der Waals surface area contributed by atoms with Crippen molar-refractivity contribution in [2.45, 2.75) is 31.0 Å². The van der Waals surface area contributed by atoms with E-state index < -0.39 is 69.6 Å². The van der Waals surface area contributed by atoms with Crippen LogP contribution in [0.25, 0.3) is 0 Å². The number of nitrogens with two attached hydrogens (primary N) is 1. The number of aliphatic hydroxyl groups excluding tert-OH is 2. The van der Waals surface area contributed by atoms with E-state index in [1.54, 1.807) is 33.1 Å². The molecule has 0 saturated carbocycles. The fourth-order valence-electron chi connectivity index (χ4n) is 5.81. The van der Waals surface area contributed by atoms with Crippen LogP contribution in [0.3, 0.4) is 0 Å². The van der Waals surface area contributed by atoms with E-state index in [4.69, 9.17) is 5.73 Å². The highest BCUT2D eigenvalue weighted by atomic mass is 19.1. The molecule has 4 rings (SSSR count). The highest BCUT2D eigenvalue weighted by Gasteiger charge is 2.63. The van der Waals surface area contributed by atoms with E-state index in [2.05, 4.69) is 0 Å². The van der Waals surface area contributed by atoms with E-state index in [1.165, 1.54) is 4.90 Å². The number of Topliss-reactive ketones (excluding diaryl/α,β-unsaturated/α-hetero) is 2. The van der Waals surface area contributed by atoms with E-state index in [1.807, 2.05) is 0 Å². The lowest BCUT2D eigenvalue weighted by molar-refractivity contribution is -0.148. The van der Waals surface area contributed by atoms with E-state index in [0.717, 1.165) is 6.07 Å². The quantitative estimate of drug-likeness (QED) is 0.375. The zero-order chi connectivity index (χ0) is 26.1. The van der Waals surface area contributed by atoms with Gasteiger partial charge < -0.3 is 31.1 Å². The third kappa shape index (κ3) is 3.37. The number of ketones is 2. The van der Waals surface area contributed by atoms with Gasteiger partial charge in [0.25, 0.3) is 5.91 Å². The van der Waals surface area contributed by atoms with Crippen LogP contribution in [0.1, 0.15) is 27.9 Å². The monoisotopic (exact) mass is 489 g/mol. The Morgan fingerprint density at radius 3 is 2.37 bits per heavy atom. The minimum Gasteiger partial charge on any atom is -0.510 e. The maximum absolute atomic E-state index is 15.4. The molecule has 0 aromatic heterocycles. The predicted molar refractivity (Wildman–Crippen MR) is 121 cm³/mol. The number of aromatic hydroxyl groups is 1. The van der Waals surface area contributed by atoms with Gasteiger partial charge in [0.05, 0.1) is 11.6 Å². The number of aliphatic hydroxyl groups is 3. The molecule has 1 amide bonds. The second-order valence-corrected chi connectivity index (χ2v) is 9.92. The van der Waals surface area contributed by atoms with Crippen molar-refractivity contribution in [3.8, 4) is 5.75 Å². The summed E-state index contributed by atoms with van der Waals surface area (Å²) in [6.45, 7) is 0.174. The number of nitrogens with zero attached hydrogens (tertiary/aromatic N) is 2. The van der Waals surface area contributed by atoms with Crippen LogP contribution >= 0.6 is 0 Å². The first-order valence-corrected chi connectivity index (χ1v) is 11.1. The molecule has 3 aliphatic rings. The third-order valence-corrected chi connectivity index (χ3v) is 7.22. The number of likely N-dealkylation sites (N-methyl/N-ethyl adjacent to an activating group) is 1. The summed E-state index contributed by atoms with van der Waals surface area (Å²) in [6.07, 6.45) is -0.181. The normalized spacial score (nSPS) is 28.4. The highest BCUT2D eigenvalue weighted by molar-refractivity contribution is 6.24. The van der Waals surface area contributed by atoms with Gasteiger partial charge in [-0.1, -0.05) is 0 Å². The Labute approximate surface area is 200 Å². The minimum absolute atomic E-state index is 0.0139. The molecule has 1 aromatic rings. The molecule has 1 aromatic carbocycles. The number of rotatable bonds is 4. The van der Waals surface area contributed by atoms with Crippen LogP contribution in [0.4, 0.5) is 4.39 Å². The Bertz CT molecular complexity index is 1240. The highest BCUT2D eigenvalue weighted by Crippen LogP contribution is 2.52. The van der Waals surface area contributed by atoms with Gasteiger partial charge in [-0.15, -0.1) is 0 Å². The van der Waals surface area contributed by atoms with Gasteiger partial charge in [-0.2, -0.15) is 0 Å². The standard InChI is InChI=1S/C24H28FN3O7/c1-27(2)8-10-7-13(29)15-11(17(10)25)5-9-6-12-18(28(3)4)20(31)16(23(26)34)22(33)24(12,35)21(32)14(9)19(15)30/h7,9,12,18,29,31-32,35H,5-6,8H2,1-4H3,(H2,26,34)/t9-,12-,18-,24-/m0/s1. The molecule has 0 heterocycles. The molecule has 0 aliphatic heterocycles. The molecule has 0 unspecified atom stereocenters. The molecule has 0 fully saturated rings. The van der Waals surface area contributed by atoms with Gasteiger partial charge >= 0.3 is 0 Å². The Balaban J connectivity index is 1.94. The molecule has 0 bridgehead atoms. The molecule has 4 atom stereocenters. The molecule has 6 N–H and O–H groups in total. The van der Waals surface area contributed by atoms with Crippen LogP contribution in [0.5, 0.6) is 5.75 Å². The van der Waals surface area contributed by atoms with Gasteiger partial charge in [0.2, 0.25) is 5.78 Å². The SMILES string of the molecule is CN(C)Cc1cc(O)c2c(c1F)C[C@H]1C[C@H]3[C@H](N(C)C)C(O)=C(C(N)=O)C(=O)[C@@]3(O)C(O)=C1C2=O. The van der Waals surface area contributed by atoms with Crippen molar-refractivity contribution in [3.05, 3.63) is 51.2 Å². The lowest BCUT2D eigenvalue weighted by Crippen LogP contribution is -2.63. The third-order valence-electron chi connectivity index (χ3n) is 7.22. The van der Waals surface area contributed by atoms with E-state index in [-0.39, 0.29) is 41.6 Å². The zero-order valence-electron chi connectivity index (χ0n) is 19.8. The summed E-state index contributed by atoms with van der Waals surface area (Å²) in [5, 5.41) is 44.0. The number of amides is 1. The van der Waals surface area contributed by atoms with Crippen molar-refractivity contribution in [1.82, 2.24) is 9.80 Å². The second-order valence-electron chi connectivity index (χ2n) is 9.92. The zero-order valence-corrected chi connectivity index (χ0v) is 19.8. The van der Waals surface area contributed by atoms with Gasteiger partial charge in [0, 0.05) is 29.2 Å². The van der Waals surface area contributed by atoms with Crippen LogP contribution in [-0.4, -0.2) is 87.5 Å². The predicted octanol–water partition coefficient (Wildman–Crippen LogP) is 0.321. The summed E-state index contributed by atoms with van der Waals surface area (Å²) in [7, 11) is 6.53. The van der Waals surface area contributed by atoms with Crippen LogP contribution in [0.2, 0.25) is 0 Å².